The predicted molar refractivity (Wildman–Crippen MR) is 90.1 cm³/mol. The van der Waals surface area contributed by atoms with Gasteiger partial charge in [0.05, 0.1) is 0 Å². The summed E-state index contributed by atoms with van der Waals surface area (Å²) in [7, 11) is 0. The molecule has 0 heterocycles. The Bertz CT molecular complexity index is 702. The van der Waals surface area contributed by atoms with E-state index >= 15 is 0 Å². The number of aryl methyl sites for hydroxylation is 3. The zero-order valence-electron chi connectivity index (χ0n) is 13.4. The Morgan fingerprint density at radius 2 is 1.65 bits per heavy atom. The van der Waals surface area contributed by atoms with Crippen LogP contribution in [0.15, 0.2) is 30.3 Å². The van der Waals surface area contributed by atoms with Gasteiger partial charge in [-0.25, -0.2) is 4.79 Å². The summed E-state index contributed by atoms with van der Waals surface area (Å²) in [6.45, 7) is 6.23. The van der Waals surface area contributed by atoms with Crippen molar-refractivity contribution in [1.82, 2.24) is 0 Å². The van der Waals surface area contributed by atoms with E-state index in [0.29, 0.717) is 12.4 Å². The Morgan fingerprint density at radius 1 is 1.04 bits per heavy atom. The third-order valence-electron chi connectivity index (χ3n) is 3.45. The lowest BCUT2D eigenvalue weighted by Crippen LogP contribution is -2.12. The van der Waals surface area contributed by atoms with Gasteiger partial charge >= 0.3 is 5.97 Å². The largest absolute Gasteiger partial charge is 0.490 e. The lowest BCUT2D eigenvalue weighted by Gasteiger charge is -2.13. The molecule has 23 heavy (non-hydrogen) atoms. The van der Waals surface area contributed by atoms with E-state index in [4.69, 9.17) is 21.1 Å². The first-order valence-electron chi connectivity index (χ1n) is 7.25. The first-order valence-corrected chi connectivity index (χ1v) is 7.63. The average Bonchev–Trinajstić information content (AvgIpc) is 2.50. The number of hydrogen-bond donors (Lipinski definition) is 1. The van der Waals surface area contributed by atoms with Crippen molar-refractivity contribution in [2.45, 2.75) is 20.8 Å². The Balaban J connectivity index is 1.98. The summed E-state index contributed by atoms with van der Waals surface area (Å²) in [6.07, 6.45) is 0. The maximum atomic E-state index is 11.2. The van der Waals surface area contributed by atoms with Crippen LogP contribution in [0.5, 0.6) is 11.5 Å². The van der Waals surface area contributed by atoms with Gasteiger partial charge in [0.1, 0.15) is 30.3 Å². The number of carboxylic acid groups (broad SMARTS) is 1. The Morgan fingerprint density at radius 3 is 2.26 bits per heavy atom. The van der Waals surface area contributed by atoms with Gasteiger partial charge in [-0.3, -0.25) is 0 Å². The van der Waals surface area contributed by atoms with Gasteiger partial charge in [0.25, 0.3) is 0 Å². The van der Waals surface area contributed by atoms with Crippen LogP contribution in [0.3, 0.4) is 0 Å². The van der Waals surface area contributed by atoms with Gasteiger partial charge in [-0.15, -0.1) is 0 Å². The molecule has 0 aromatic heterocycles. The number of carboxylic acids is 1. The highest BCUT2D eigenvalue weighted by Gasteiger charge is 2.13. The van der Waals surface area contributed by atoms with E-state index in [9.17, 15) is 9.90 Å². The van der Waals surface area contributed by atoms with Gasteiger partial charge in [-0.2, -0.15) is 0 Å². The molecule has 1 N–H and O–H groups in total. The van der Waals surface area contributed by atoms with Crippen LogP contribution < -0.4 is 9.47 Å². The van der Waals surface area contributed by atoms with Crippen molar-refractivity contribution in [2.24, 2.45) is 0 Å². The fourth-order valence-corrected chi connectivity index (χ4v) is 2.41. The van der Waals surface area contributed by atoms with Crippen molar-refractivity contribution < 1.29 is 19.4 Å². The average molecular weight is 335 g/mol. The van der Waals surface area contributed by atoms with Gasteiger partial charge in [0.15, 0.2) is 0 Å². The number of ether oxygens (including phenoxy) is 2. The van der Waals surface area contributed by atoms with Crippen LogP contribution in [0.4, 0.5) is 0 Å². The molecule has 0 radical (unpaired) electrons. The molecule has 0 spiro atoms. The van der Waals surface area contributed by atoms with Crippen molar-refractivity contribution in [2.75, 3.05) is 13.2 Å². The van der Waals surface area contributed by atoms with Crippen molar-refractivity contribution in [3.05, 3.63) is 57.6 Å². The monoisotopic (exact) mass is 334 g/mol. The van der Waals surface area contributed by atoms with Gasteiger partial charge in [0.2, 0.25) is 0 Å². The van der Waals surface area contributed by atoms with Crippen LogP contribution >= 0.6 is 11.6 Å². The molecule has 0 unspecified atom stereocenters. The third-order valence-corrected chi connectivity index (χ3v) is 4.05. The summed E-state index contributed by atoms with van der Waals surface area (Å²) in [5.41, 5.74) is 2.84. The lowest BCUT2D eigenvalue weighted by molar-refractivity contribution is 0.0691. The van der Waals surface area contributed by atoms with Crippen molar-refractivity contribution in [3.8, 4) is 11.5 Å². The molecule has 2 aromatic carbocycles. The topological polar surface area (TPSA) is 55.8 Å². The molecule has 0 aliphatic rings. The highest BCUT2D eigenvalue weighted by atomic mass is 35.5. The molecule has 0 aliphatic heterocycles. The minimum Gasteiger partial charge on any atom is -0.490 e. The lowest BCUT2D eigenvalue weighted by atomic mass is 10.1. The second kappa shape index (κ2) is 7.38. The number of aromatic carboxylic acids is 1. The number of hydrogen-bond acceptors (Lipinski definition) is 3. The molecule has 5 heteroatoms. The minimum absolute atomic E-state index is 0.156. The fraction of sp³-hybridized carbons (Fsp3) is 0.278. The van der Waals surface area contributed by atoms with E-state index in [2.05, 4.69) is 0 Å². The summed E-state index contributed by atoms with van der Waals surface area (Å²) in [5, 5.41) is 9.92. The van der Waals surface area contributed by atoms with E-state index in [1.165, 1.54) is 6.07 Å². The number of halogens is 1. The molecular weight excluding hydrogens is 316 g/mol. The molecule has 2 rings (SSSR count). The molecule has 0 saturated heterocycles. The maximum Gasteiger partial charge on any atom is 0.339 e. The number of carbonyl (C=O) groups is 1. The molecule has 0 amide bonds. The van der Waals surface area contributed by atoms with E-state index in [0.717, 1.165) is 27.5 Å². The van der Waals surface area contributed by atoms with Gasteiger partial charge < -0.3 is 14.6 Å². The molecule has 0 fully saturated rings. The molecule has 2 aromatic rings. The highest BCUT2D eigenvalue weighted by Crippen LogP contribution is 2.26. The first-order chi connectivity index (χ1) is 10.9. The summed E-state index contributed by atoms with van der Waals surface area (Å²) in [5.74, 6) is 0.0943. The normalized spacial score (nSPS) is 10.4. The van der Waals surface area contributed by atoms with Gasteiger partial charge in [-0.05, 0) is 55.7 Å². The second-order valence-electron chi connectivity index (χ2n) is 5.32. The second-order valence-corrected chi connectivity index (χ2v) is 5.70. The van der Waals surface area contributed by atoms with Crippen molar-refractivity contribution in [1.29, 1.82) is 0 Å². The van der Waals surface area contributed by atoms with E-state index in [1.807, 2.05) is 39.0 Å². The fourth-order valence-electron chi connectivity index (χ4n) is 2.31. The molecule has 0 bridgehead atoms. The van der Waals surface area contributed by atoms with Gasteiger partial charge in [0, 0.05) is 5.02 Å². The summed E-state index contributed by atoms with van der Waals surface area (Å²) in [6, 6.07) is 8.77. The van der Waals surface area contributed by atoms with Crippen LogP contribution in [0.2, 0.25) is 5.02 Å². The zero-order valence-corrected chi connectivity index (χ0v) is 14.1. The molecular formula is C18H19ClO4. The van der Waals surface area contributed by atoms with E-state index in [1.54, 1.807) is 6.07 Å². The standard InChI is InChI=1S/C18H19ClO4/c1-11-5-4-6-15(18(20)21)17(11)23-8-7-22-14-9-12(2)16(19)13(3)10-14/h4-6,9-10H,7-8H2,1-3H3,(H,20,21). The number of para-hydroxylation sites is 1. The molecule has 122 valence electrons. The molecule has 0 atom stereocenters. The summed E-state index contributed by atoms with van der Waals surface area (Å²) in [4.78, 5) is 11.2. The minimum atomic E-state index is -1.01. The Labute approximate surface area is 140 Å². The van der Waals surface area contributed by atoms with Gasteiger partial charge in [-0.1, -0.05) is 23.7 Å². The summed E-state index contributed by atoms with van der Waals surface area (Å²) >= 11 is 6.12. The quantitative estimate of drug-likeness (QED) is 0.794. The molecule has 0 aliphatic carbocycles. The number of benzene rings is 2. The predicted octanol–water partition coefficient (Wildman–Crippen LogP) is 4.42. The SMILES string of the molecule is Cc1cc(OCCOc2c(C)cccc2C(=O)O)cc(C)c1Cl. The van der Waals surface area contributed by atoms with Crippen LogP contribution in [0.1, 0.15) is 27.0 Å². The first kappa shape index (κ1) is 17.2. The van der Waals surface area contributed by atoms with Crippen LogP contribution in [0.25, 0.3) is 0 Å². The van der Waals surface area contributed by atoms with Crippen LogP contribution in [-0.2, 0) is 0 Å². The van der Waals surface area contributed by atoms with E-state index in [-0.39, 0.29) is 12.2 Å². The molecule has 0 saturated carbocycles. The number of rotatable bonds is 6. The summed E-state index contributed by atoms with van der Waals surface area (Å²) < 4.78 is 11.3. The third kappa shape index (κ3) is 4.17. The van der Waals surface area contributed by atoms with Crippen molar-refractivity contribution >= 4 is 17.6 Å². The van der Waals surface area contributed by atoms with Crippen LogP contribution in [-0.4, -0.2) is 24.3 Å². The Hall–Kier alpha value is -2.20. The highest BCUT2D eigenvalue weighted by molar-refractivity contribution is 6.32. The van der Waals surface area contributed by atoms with E-state index < -0.39 is 5.97 Å². The smallest absolute Gasteiger partial charge is 0.339 e. The Kier molecular flexibility index (Phi) is 5.50. The zero-order chi connectivity index (χ0) is 17.0. The maximum absolute atomic E-state index is 11.2. The van der Waals surface area contributed by atoms with Crippen molar-refractivity contribution in [3.63, 3.8) is 0 Å². The molecule has 4 nitrogen and oxygen atoms in total. The van der Waals surface area contributed by atoms with Crippen LogP contribution in [0, 0.1) is 20.8 Å².